The number of benzene rings is 1. The van der Waals surface area contributed by atoms with Gasteiger partial charge >= 0.3 is 0 Å². The van der Waals surface area contributed by atoms with Crippen molar-refractivity contribution < 1.29 is 14.6 Å². The molecule has 1 aliphatic heterocycles. The van der Waals surface area contributed by atoms with Crippen LogP contribution in [0.2, 0.25) is 0 Å². The number of hydrogen-bond donors (Lipinski definition) is 2. The minimum atomic E-state index is -0.429. The summed E-state index contributed by atoms with van der Waals surface area (Å²) in [5.41, 5.74) is 1.28. The molecule has 4 heteroatoms. The van der Waals surface area contributed by atoms with E-state index in [9.17, 15) is 5.11 Å². The van der Waals surface area contributed by atoms with Crippen LogP contribution in [-0.4, -0.2) is 36.8 Å². The normalized spacial score (nSPS) is 29.6. The number of rotatable bonds is 4. The van der Waals surface area contributed by atoms with Gasteiger partial charge in [0.1, 0.15) is 0 Å². The fraction of sp³-hybridized carbons (Fsp3) is 0.647. The predicted octanol–water partition coefficient (Wildman–Crippen LogP) is 2.24. The highest BCUT2D eigenvalue weighted by molar-refractivity contribution is 5.18. The SMILES string of the molecule is C[C@@H](N[C@@H]1CCC2(C[C@H]1CO)OCCO2)c1ccccc1. The van der Waals surface area contributed by atoms with Crippen LogP contribution in [0, 0.1) is 5.92 Å². The monoisotopic (exact) mass is 291 g/mol. The predicted molar refractivity (Wildman–Crippen MR) is 80.8 cm³/mol. The summed E-state index contributed by atoms with van der Waals surface area (Å²) in [6, 6.07) is 11.0. The molecule has 1 saturated carbocycles. The van der Waals surface area contributed by atoms with Crippen molar-refractivity contribution in [3.05, 3.63) is 35.9 Å². The molecule has 4 nitrogen and oxygen atoms in total. The van der Waals surface area contributed by atoms with Gasteiger partial charge in [-0.25, -0.2) is 0 Å². The molecular formula is C17H25NO3. The zero-order valence-corrected chi connectivity index (χ0v) is 12.6. The van der Waals surface area contributed by atoms with Crippen molar-refractivity contribution in [3.8, 4) is 0 Å². The number of nitrogens with one attached hydrogen (secondary N) is 1. The van der Waals surface area contributed by atoms with Crippen LogP contribution in [0.15, 0.2) is 30.3 Å². The van der Waals surface area contributed by atoms with Gasteiger partial charge in [-0.05, 0) is 18.9 Å². The molecule has 3 atom stereocenters. The van der Waals surface area contributed by atoms with E-state index in [0.717, 1.165) is 19.3 Å². The maximum atomic E-state index is 9.74. The summed E-state index contributed by atoms with van der Waals surface area (Å²) < 4.78 is 11.6. The summed E-state index contributed by atoms with van der Waals surface area (Å²) in [4.78, 5) is 0. The molecule has 0 amide bonds. The van der Waals surface area contributed by atoms with Crippen LogP contribution in [0.4, 0.5) is 0 Å². The minimum Gasteiger partial charge on any atom is -0.396 e. The number of aliphatic hydroxyl groups is 1. The molecule has 0 aromatic heterocycles. The lowest BCUT2D eigenvalue weighted by molar-refractivity contribution is -0.194. The molecule has 21 heavy (non-hydrogen) atoms. The zero-order valence-electron chi connectivity index (χ0n) is 12.6. The van der Waals surface area contributed by atoms with Crippen molar-refractivity contribution in [2.24, 2.45) is 5.92 Å². The Bertz CT molecular complexity index is 445. The fourth-order valence-corrected chi connectivity index (χ4v) is 3.58. The summed E-state index contributed by atoms with van der Waals surface area (Å²) in [5.74, 6) is -0.246. The van der Waals surface area contributed by atoms with E-state index < -0.39 is 5.79 Å². The molecule has 2 fully saturated rings. The summed E-state index contributed by atoms with van der Waals surface area (Å²) >= 11 is 0. The van der Waals surface area contributed by atoms with Crippen molar-refractivity contribution >= 4 is 0 Å². The van der Waals surface area contributed by atoms with E-state index >= 15 is 0 Å². The molecule has 0 bridgehead atoms. The van der Waals surface area contributed by atoms with E-state index in [4.69, 9.17) is 9.47 Å². The molecule has 1 spiro atoms. The second kappa shape index (κ2) is 6.44. The smallest absolute Gasteiger partial charge is 0.168 e. The molecule has 1 aliphatic carbocycles. The van der Waals surface area contributed by atoms with E-state index in [1.54, 1.807) is 0 Å². The van der Waals surface area contributed by atoms with Crippen LogP contribution >= 0.6 is 0 Å². The van der Waals surface area contributed by atoms with Crippen molar-refractivity contribution in [1.29, 1.82) is 0 Å². The summed E-state index contributed by atoms with van der Waals surface area (Å²) in [7, 11) is 0. The third-order valence-corrected chi connectivity index (χ3v) is 4.79. The third-order valence-electron chi connectivity index (χ3n) is 4.79. The Balaban J connectivity index is 1.63. The molecule has 116 valence electrons. The van der Waals surface area contributed by atoms with Gasteiger partial charge in [0.2, 0.25) is 0 Å². The Kier molecular flexibility index (Phi) is 4.60. The van der Waals surface area contributed by atoms with Gasteiger partial charge in [0.25, 0.3) is 0 Å². The molecule has 2 N–H and O–H groups in total. The van der Waals surface area contributed by atoms with Gasteiger partial charge in [-0.15, -0.1) is 0 Å². The summed E-state index contributed by atoms with van der Waals surface area (Å²) in [6.45, 7) is 3.71. The first-order valence-electron chi connectivity index (χ1n) is 7.92. The van der Waals surface area contributed by atoms with Gasteiger partial charge < -0.3 is 19.9 Å². The summed E-state index contributed by atoms with van der Waals surface area (Å²) in [5, 5.41) is 13.4. The van der Waals surface area contributed by atoms with Gasteiger partial charge in [0, 0.05) is 37.5 Å². The number of hydrogen-bond acceptors (Lipinski definition) is 4. The quantitative estimate of drug-likeness (QED) is 0.893. The Morgan fingerprint density at radius 3 is 2.67 bits per heavy atom. The lowest BCUT2D eigenvalue weighted by atomic mass is 9.80. The van der Waals surface area contributed by atoms with Crippen LogP contribution < -0.4 is 5.32 Å². The second-order valence-corrected chi connectivity index (χ2v) is 6.20. The van der Waals surface area contributed by atoms with Gasteiger partial charge in [0.05, 0.1) is 13.2 Å². The van der Waals surface area contributed by atoms with Gasteiger partial charge in [-0.1, -0.05) is 30.3 Å². The van der Waals surface area contributed by atoms with E-state index in [-0.39, 0.29) is 18.6 Å². The Morgan fingerprint density at radius 1 is 1.29 bits per heavy atom. The average Bonchev–Trinajstić information content (AvgIpc) is 2.98. The van der Waals surface area contributed by atoms with Crippen molar-refractivity contribution in [2.75, 3.05) is 19.8 Å². The standard InChI is InChI=1S/C17H25NO3/c1-13(14-5-3-2-4-6-14)18-16-7-8-17(11-15(16)12-19)20-9-10-21-17/h2-6,13,15-16,18-19H,7-12H2,1H3/t13-,15+,16-/m1/s1. The van der Waals surface area contributed by atoms with Crippen LogP contribution in [-0.2, 0) is 9.47 Å². The van der Waals surface area contributed by atoms with Crippen molar-refractivity contribution in [2.45, 2.75) is 44.1 Å². The van der Waals surface area contributed by atoms with Crippen LogP contribution in [0.3, 0.4) is 0 Å². The first kappa shape index (κ1) is 15.0. The number of aliphatic hydroxyl groups excluding tert-OH is 1. The van der Waals surface area contributed by atoms with E-state index in [0.29, 0.717) is 19.3 Å². The zero-order chi connectivity index (χ0) is 14.7. The number of ether oxygens (including phenoxy) is 2. The average molecular weight is 291 g/mol. The molecule has 1 saturated heterocycles. The molecule has 1 heterocycles. The van der Waals surface area contributed by atoms with E-state index in [1.807, 2.05) is 6.07 Å². The maximum absolute atomic E-state index is 9.74. The molecular weight excluding hydrogens is 266 g/mol. The largest absolute Gasteiger partial charge is 0.396 e. The molecule has 0 radical (unpaired) electrons. The Hall–Kier alpha value is -0.940. The Labute approximate surface area is 126 Å². The molecule has 3 rings (SSSR count). The Morgan fingerprint density at radius 2 is 2.00 bits per heavy atom. The molecule has 2 aliphatic rings. The van der Waals surface area contributed by atoms with Crippen LogP contribution in [0.5, 0.6) is 0 Å². The highest BCUT2D eigenvalue weighted by Crippen LogP contribution is 2.39. The highest BCUT2D eigenvalue weighted by Gasteiger charge is 2.45. The fourth-order valence-electron chi connectivity index (χ4n) is 3.58. The van der Waals surface area contributed by atoms with Gasteiger partial charge in [0.15, 0.2) is 5.79 Å². The summed E-state index contributed by atoms with van der Waals surface area (Å²) in [6.07, 6.45) is 2.66. The van der Waals surface area contributed by atoms with E-state index in [1.165, 1.54) is 5.56 Å². The lowest BCUT2D eigenvalue weighted by Gasteiger charge is -2.41. The van der Waals surface area contributed by atoms with Gasteiger partial charge in [-0.3, -0.25) is 0 Å². The van der Waals surface area contributed by atoms with Crippen molar-refractivity contribution in [3.63, 3.8) is 0 Å². The molecule has 1 aromatic rings. The van der Waals surface area contributed by atoms with E-state index in [2.05, 4.69) is 36.5 Å². The third kappa shape index (κ3) is 3.29. The highest BCUT2D eigenvalue weighted by atomic mass is 16.7. The van der Waals surface area contributed by atoms with Crippen LogP contribution in [0.1, 0.15) is 37.8 Å². The van der Waals surface area contributed by atoms with Crippen LogP contribution in [0.25, 0.3) is 0 Å². The second-order valence-electron chi connectivity index (χ2n) is 6.20. The topological polar surface area (TPSA) is 50.7 Å². The lowest BCUT2D eigenvalue weighted by Crippen LogP contribution is -2.49. The molecule has 1 aromatic carbocycles. The first-order valence-corrected chi connectivity index (χ1v) is 7.92. The maximum Gasteiger partial charge on any atom is 0.168 e. The first-order chi connectivity index (χ1) is 10.2. The van der Waals surface area contributed by atoms with Gasteiger partial charge in [-0.2, -0.15) is 0 Å². The molecule has 0 unspecified atom stereocenters. The van der Waals surface area contributed by atoms with Crippen molar-refractivity contribution in [1.82, 2.24) is 5.32 Å². The minimum absolute atomic E-state index is 0.174.